The molecule has 2 fully saturated rings. The third-order valence-electron chi connectivity index (χ3n) is 15.9. The number of ether oxygens (including phenoxy) is 2. The number of aliphatic hydroxyl groups excluding tert-OH is 1. The molecule has 1 aromatic carbocycles. The van der Waals surface area contributed by atoms with Gasteiger partial charge in [-0.15, -0.1) is 0 Å². The Kier molecular flexibility index (Phi) is 25.2. The third kappa shape index (κ3) is 15.3. The molecule has 3 rings (SSSR count). The molecule has 408 valence electrons. The van der Waals surface area contributed by atoms with Crippen LogP contribution in [0.3, 0.4) is 0 Å². The number of likely N-dealkylation sites (tertiary alicyclic amines) is 2. The Morgan fingerprint density at radius 3 is 2.04 bits per heavy atom. The molecule has 0 saturated carbocycles. The normalized spacial score (nSPS) is 20.1. The van der Waals surface area contributed by atoms with E-state index in [0.717, 1.165) is 19.3 Å². The van der Waals surface area contributed by atoms with Crippen LogP contribution in [-0.2, 0) is 43.0 Å². The van der Waals surface area contributed by atoms with E-state index in [1.54, 1.807) is 61.6 Å². The maximum Gasteiger partial charge on any atom is 0.245 e. The summed E-state index contributed by atoms with van der Waals surface area (Å²) in [5.41, 5.74) is 0.690. The maximum atomic E-state index is 14.7. The average Bonchev–Trinajstić information content (AvgIpc) is 3.96. The van der Waals surface area contributed by atoms with Gasteiger partial charge in [-0.05, 0) is 75.0 Å². The lowest BCUT2D eigenvalue weighted by atomic mass is 9.85. The predicted molar refractivity (Wildman–Crippen MR) is 283 cm³/mol. The van der Waals surface area contributed by atoms with Gasteiger partial charge in [0.25, 0.3) is 0 Å². The Bertz CT molecular complexity index is 1930. The van der Waals surface area contributed by atoms with E-state index in [1.807, 2.05) is 66.0 Å². The van der Waals surface area contributed by atoms with Crippen molar-refractivity contribution in [1.82, 2.24) is 30.2 Å². The van der Waals surface area contributed by atoms with Gasteiger partial charge in [0.2, 0.25) is 41.4 Å². The molecule has 3 N–H and O–H groups in total. The van der Waals surface area contributed by atoms with Gasteiger partial charge in [0.15, 0.2) is 0 Å². The summed E-state index contributed by atoms with van der Waals surface area (Å²) < 4.78 is 11.8. The van der Waals surface area contributed by atoms with Crippen LogP contribution in [0, 0.1) is 29.6 Å². The molecule has 2 saturated heterocycles. The van der Waals surface area contributed by atoms with Crippen molar-refractivity contribution in [3.63, 3.8) is 0 Å². The van der Waals surface area contributed by atoms with E-state index in [-0.39, 0.29) is 83.1 Å². The fourth-order valence-corrected chi connectivity index (χ4v) is 12.2. The largest absolute Gasteiger partial charge is 0.386 e. The molecule has 0 radical (unpaired) electrons. The van der Waals surface area contributed by atoms with Crippen molar-refractivity contribution in [2.24, 2.45) is 29.6 Å². The number of amides is 7. The van der Waals surface area contributed by atoms with Crippen LogP contribution in [-0.4, -0.2) is 161 Å². The quantitative estimate of drug-likeness (QED) is 0.0554. The van der Waals surface area contributed by atoms with E-state index in [4.69, 9.17) is 9.47 Å². The standard InChI is InChI=1S/C55H92N6O10S/c1-16-36(8)48(42(70-13)33-45(64)60-31-25-28-41(60)50(71-14)37(9)51(66)56-38(10)49(65)39-26-21-19-22-27-39)59(12)54(69)46(34(4)5)57-52(67)47(35(6)7)58(11)43(62)29-23-20-24-30-61-44(63)32-40(53(61)68)55(17-2,18-3)72-15/h19,21-22,26-27,34-38,40-42,46-50,65H,16-18,20,23-25,28-33H2,1-15H3,(H,56,66)(H,57,67)/t36-,37+,38+,40?,41-,42+,46-,47-,48-,49+,50+/m0/s1. The molecule has 2 aliphatic heterocycles. The summed E-state index contributed by atoms with van der Waals surface area (Å²) in [5.74, 6) is -3.41. The number of aliphatic hydroxyl groups is 1. The highest BCUT2D eigenvalue weighted by molar-refractivity contribution is 8.00. The van der Waals surface area contributed by atoms with Crippen LogP contribution in [0.5, 0.6) is 0 Å². The highest BCUT2D eigenvalue weighted by atomic mass is 32.2. The van der Waals surface area contributed by atoms with Gasteiger partial charge in [-0.3, -0.25) is 38.5 Å². The van der Waals surface area contributed by atoms with Crippen molar-refractivity contribution < 1.29 is 48.1 Å². The zero-order chi connectivity index (χ0) is 54.2. The van der Waals surface area contributed by atoms with Gasteiger partial charge in [-0.1, -0.05) is 105 Å². The number of carbonyl (C=O) groups is 7. The van der Waals surface area contributed by atoms with Gasteiger partial charge < -0.3 is 39.9 Å². The van der Waals surface area contributed by atoms with Crippen LogP contribution in [0.25, 0.3) is 0 Å². The number of thioether (sulfide) groups is 1. The highest BCUT2D eigenvalue weighted by Gasteiger charge is 2.49. The van der Waals surface area contributed by atoms with Crippen molar-refractivity contribution in [1.29, 1.82) is 0 Å². The number of methoxy groups -OCH3 is 2. The van der Waals surface area contributed by atoms with Gasteiger partial charge >= 0.3 is 0 Å². The fourth-order valence-electron chi connectivity index (χ4n) is 11.1. The monoisotopic (exact) mass is 1030 g/mol. The number of hydrogen-bond acceptors (Lipinski definition) is 11. The van der Waals surface area contributed by atoms with Crippen LogP contribution in [0.1, 0.15) is 152 Å². The first-order valence-corrected chi connectivity index (χ1v) is 27.8. The second kappa shape index (κ2) is 29.1. The van der Waals surface area contributed by atoms with Crippen LogP contribution >= 0.6 is 11.8 Å². The zero-order valence-electron chi connectivity index (χ0n) is 46.4. The molecule has 72 heavy (non-hydrogen) atoms. The lowest BCUT2D eigenvalue weighted by Gasteiger charge is -2.41. The fraction of sp³-hybridized carbons (Fsp3) is 0.764. The van der Waals surface area contributed by atoms with Crippen LogP contribution < -0.4 is 10.6 Å². The van der Waals surface area contributed by atoms with Crippen LogP contribution in [0.2, 0.25) is 0 Å². The summed E-state index contributed by atoms with van der Waals surface area (Å²) in [7, 11) is 6.37. The van der Waals surface area contributed by atoms with Crippen LogP contribution in [0.4, 0.5) is 0 Å². The summed E-state index contributed by atoms with van der Waals surface area (Å²) >= 11 is 1.67. The molecule has 1 aromatic rings. The summed E-state index contributed by atoms with van der Waals surface area (Å²) in [4.78, 5) is 103. The van der Waals surface area contributed by atoms with E-state index in [9.17, 15) is 38.7 Å². The number of rotatable bonds is 30. The molecule has 0 aliphatic carbocycles. The molecule has 16 nitrogen and oxygen atoms in total. The van der Waals surface area contributed by atoms with E-state index < -0.39 is 60.3 Å². The first-order chi connectivity index (χ1) is 34.0. The molecule has 17 heteroatoms. The van der Waals surface area contributed by atoms with Crippen molar-refractivity contribution in [3.05, 3.63) is 35.9 Å². The van der Waals surface area contributed by atoms with E-state index in [1.165, 1.54) is 24.0 Å². The first kappa shape index (κ1) is 62.2. The summed E-state index contributed by atoms with van der Waals surface area (Å²) in [6, 6.07) is 5.80. The molecule has 0 aromatic heterocycles. The van der Waals surface area contributed by atoms with Crippen molar-refractivity contribution in [3.8, 4) is 0 Å². The highest BCUT2D eigenvalue weighted by Crippen LogP contribution is 2.43. The van der Waals surface area contributed by atoms with Crippen LogP contribution in [0.15, 0.2) is 30.3 Å². The zero-order valence-corrected chi connectivity index (χ0v) is 47.2. The molecule has 11 atom stereocenters. The minimum atomic E-state index is -0.951. The van der Waals surface area contributed by atoms with E-state index >= 15 is 0 Å². The Morgan fingerprint density at radius 2 is 1.50 bits per heavy atom. The predicted octanol–water partition coefficient (Wildman–Crippen LogP) is 6.63. The smallest absolute Gasteiger partial charge is 0.245 e. The summed E-state index contributed by atoms with van der Waals surface area (Å²) in [6.07, 6.45) is 5.50. The minimum Gasteiger partial charge on any atom is -0.386 e. The number of carbonyl (C=O) groups excluding carboxylic acids is 7. The molecular weight excluding hydrogens is 937 g/mol. The second-order valence-corrected chi connectivity index (χ2v) is 22.3. The van der Waals surface area contributed by atoms with Gasteiger partial charge in [0.1, 0.15) is 12.1 Å². The Morgan fingerprint density at radius 1 is 0.861 bits per heavy atom. The number of nitrogens with zero attached hydrogens (tertiary/aromatic N) is 4. The Labute approximate surface area is 436 Å². The third-order valence-corrected chi connectivity index (χ3v) is 17.6. The molecular formula is C55H92N6O10S. The topological polar surface area (TPSA) is 195 Å². The number of nitrogens with one attached hydrogen (secondary N) is 2. The molecule has 0 spiro atoms. The van der Waals surface area contributed by atoms with Gasteiger partial charge in [-0.25, -0.2) is 0 Å². The summed E-state index contributed by atoms with van der Waals surface area (Å²) in [5, 5.41) is 16.9. The number of imide groups is 1. The maximum absolute atomic E-state index is 14.7. The molecule has 0 bridgehead atoms. The van der Waals surface area contributed by atoms with Crippen molar-refractivity contribution in [2.45, 2.75) is 193 Å². The molecule has 2 aliphatic rings. The molecule has 2 heterocycles. The SMILES string of the molecule is CC[C@H](C)[C@@H]([C@@H](CC(=O)N1CCC[C@H]1[C@H](OC)[C@@H](C)C(=O)N[C@H](C)[C@@H](O)c1ccccc1)OC)N(C)C(=O)[C@@H](NC(=O)[C@H](C(C)C)N(C)C(=O)CCCCCN1C(=O)CC(C(CC)(CC)SC)C1=O)C(C)C. The number of benzene rings is 1. The molecule has 7 amide bonds. The minimum absolute atomic E-state index is 0.0380. The molecule has 1 unspecified atom stereocenters. The van der Waals surface area contributed by atoms with E-state index in [0.29, 0.717) is 50.8 Å². The Balaban J connectivity index is 1.68. The first-order valence-electron chi connectivity index (χ1n) is 26.6. The lowest BCUT2D eigenvalue weighted by Crippen LogP contribution is -2.60. The number of likely N-dealkylation sites (N-methyl/N-ethyl adjacent to an activating group) is 2. The van der Waals surface area contributed by atoms with Crippen molar-refractivity contribution in [2.75, 3.05) is 47.7 Å². The lowest BCUT2D eigenvalue weighted by molar-refractivity contribution is -0.148. The van der Waals surface area contributed by atoms with Crippen molar-refractivity contribution >= 4 is 53.1 Å². The summed E-state index contributed by atoms with van der Waals surface area (Å²) in [6.45, 7) is 19.9. The number of hydrogen-bond donors (Lipinski definition) is 3. The van der Waals surface area contributed by atoms with E-state index in [2.05, 4.69) is 24.5 Å². The van der Waals surface area contributed by atoms with Gasteiger partial charge in [0, 0.05) is 59.0 Å². The van der Waals surface area contributed by atoms with Gasteiger partial charge in [-0.2, -0.15) is 11.8 Å². The Hall–Kier alpha value is -4.06. The second-order valence-electron chi connectivity index (χ2n) is 21.1. The number of unbranched alkanes of at least 4 members (excludes halogenated alkanes) is 2. The van der Waals surface area contributed by atoms with Gasteiger partial charge in [0.05, 0.1) is 54.7 Å². The average molecular weight is 1030 g/mol.